The van der Waals surface area contributed by atoms with Gasteiger partial charge in [0.1, 0.15) is 5.60 Å². The number of hydrogen-bond donors (Lipinski definition) is 0. The van der Waals surface area contributed by atoms with Gasteiger partial charge < -0.3 is 9.47 Å². The first-order valence-electron chi connectivity index (χ1n) is 7.50. The molecule has 2 rings (SSSR count). The van der Waals surface area contributed by atoms with E-state index in [-0.39, 0.29) is 11.4 Å². The molecule has 3 unspecified atom stereocenters. The third-order valence-corrected chi connectivity index (χ3v) is 4.54. The molecule has 0 aromatic rings. The molecule has 112 valence electrons. The maximum Gasteiger partial charge on any atom is 0.338 e. The summed E-state index contributed by atoms with van der Waals surface area (Å²) in [5, 5.41) is 0. The van der Waals surface area contributed by atoms with Crippen LogP contribution in [0.2, 0.25) is 0 Å². The molecule has 3 heteroatoms. The highest BCUT2D eigenvalue weighted by molar-refractivity contribution is 5.80. The van der Waals surface area contributed by atoms with Crippen molar-refractivity contribution in [2.75, 3.05) is 6.61 Å². The molecular weight excluding hydrogens is 252 g/mol. The van der Waals surface area contributed by atoms with Gasteiger partial charge in [0.2, 0.25) is 0 Å². The lowest BCUT2D eigenvalue weighted by Gasteiger charge is -2.36. The molecule has 0 spiro atoms. The van der Waals surface area contributed by atoms with Crippen LogP contribution in [0.5, 0.6) is 0 Å². The SMILES string of the molecule is CCOC(=O)C1OC1(C)C=CC1C(C)=CCCC1(C)C. The first-order chi connectivity index (χ1) is 9.30. The molecule has 1 heterocycles. The first-order valence-corrected chi connectivity index (χ1v) is 7.50. The third-order valence-electron chi connectivity index (χ3n) is 4.54. The Hall–Kier alpha value is -1.09. The number of esters is 1. The maximum atomic E-state index is 11.7. The molecule has 3 atom stereocenters. The van der Waals surface area contributed by atoms with E-state index in [0.29, 0.717) is 12.5 Å². The Kier molecular flexibility index (Phi) is 4.10. The Labute approximate surface area is 122 Å². The van der Waals surface area contributed by atoms with E-state index in [0.717, 1.165) is 6.42 Å². The highest BCUT2D eigenvalue weighted by Crippen LogP contribution is 2.44. The Balaban J connectivity index is 2.05. The number of epoxide rings is 1. The van der Waals surface area contributed by atoms with Crippen molar-refractivity contribution in [1.82, 2.24) is 0 Å². The smallest absolute Gasteiger partial charge is 0.338 e. The predicted molar refractivity (Wildman–Crippen MR) is 79.3 cm³/mol. The monoisotopic (exact) mass is 278 g/mol. The summed E-state index contributed by atoms with van der Waals surface area (Å²) in [5.41, 5.74) is 1.19. The summed E-state index contributed by atoms with van der Waals surface area (Å²) >= 11 is 0. The van der Waals surface area contributed by atoms with E-state index in [9.17, 15) is 4.79 Å². The lowest BCUT2D eigenvalue weighted by molar-refractivity contribution is -0.144. The second kappa shape index (κ2) is 5.36. The molecule has 0 saturated carbocycles. The zero-order valence-electron chi connectivity index (χ0n) is 13.2. The van der Waals surface area contributed by atoms with Crippen LogP contribution in [-0.4, -0.2) is 24.3 Å². The van der Waals surface area contributed by atoms with Gasteiger partial charge in [-0.1, -0.05) is 37.6 Å². The van der Waals surface area contributed by atoms with Crippen molar-refractivity contribution < 1.29 is 14.3 Å². The van der Waals surface area contributed by atoms with Crippen molar-refractivity contribution in [3.05, 3.63) is 23.8 Å². The number of rotatable bonds is 4. The van der Waals surface area contributed by atoms with E-state index in [1.165, 1.54) is 12.0 Å². The average molecular weight is 278 g/mol. The minimum absolute atomic E-state index is 0.255. The second-order valence-corrected chi connectivity index (χ2v) is 6.75. The number of ether oxygens (including phenoxy) is 2. The number of hydrogen-bond acceptors (Lipinski definition) is 3. The molecule has 1 fully saturated rings. The maximum absolute atomic E-state index is 11.7. The molecule has 1 aliphatic heterocycles. The molecule has 0 aromatic carbocycles. The van der Waals surface area contributed by atoms with Crippen molar-refractivity contribution in [2.24, 2.45) is 11.3 Å². The van der Waals surface area contributed by atoms with Crippen molar-refractivity contribution >= 4 is 5.97 Å². The van der Waals surface area contributed by atoms with Crippen LogP contribution in [0, 0.1) is 11.3 Å². The van der Waals surface area contributed by atoms with Gasteiger partial charge in [0, 0.05) is 5.92 Å². The highest BCUT2D eigenvalue weighted by Gasteiger charge is 2.56. The zero-order chi connectivity index (χ0) is 15.0. The summed E-state index contributed by atoms with van der Waals surface area (Å²) < 4.78 is 10.5. The molecule has 3 nitrogen and oxygen atoms in total. The Morgan fingerprint density at radius 1 is 1.50 bits per heavy atom. The normalized spacial score (nSPS) is 35.8. The molecular formula is C17H26O3. The molecule has 2 aliphatic rings. The number of carbonyl (C=O) groups is 1. The average Bonchev–Trinajstić information content (AvgIpc) is 3.01. The largest absolute Gasteiger partial charge is 0.464 e. The highest BCUT2D eigenvalue weighted by atomic mass is 16.7. The molecule has 20 heavy (non-hydrogen) atoms. The fraction of sp³-hybridized carbons (Fsp3) is 0.706. The van der Waals surface area contributed by atoms with E-state index in [1.54, 1.807) is 0 Å². The number of allylic oxidation sites excluding steroid dienone is 3. The van der Waals surface area contributed by atoms with E-state index >= 15 is 0 Å². The van der Waals surface area contributed by atoms with Crippen LogP contribution in [0.1, 0.15) is 47.5 Å². The van der Waals surface area contributed by atoms with Crippen LogP contribution in [0.3, 0.4) is 0 Å². The van der Waals surface area contributed by atoms with Crippen molar-refractivity contribution in [3.63, 3.8) is 0 Å². The van der Waals surface area contributed by atoms with Gasteiger partial charge in [0.15, 0.2) is 6.10 Å². The lowest BCUT2D eigenvalue weighted by atomic mass is 9.68. The molecule has 0 bridgehead atoms. The molecule has 1 saturated heterocycles. The standard InChI is InChI=1S/C17H26O3/c1-6-19-15(18)14-17(5,20-14)11-9-13-12(2)8-7-10-16(13,3)4/h8-9,11,13-14H,6-7,10H2,1-5H3. The van der Waals surface area contributed by atoms with Gasteiger partial charge in [-0.2, -0.15) is 0 Å². The van der Waals surface area contributed by atoms with Gasteiger partial charge in [0.25, 0.3) is 0 Å². The van der Waals surface area contributed by atoms with E-state index in [4.69, 9.17) is 9.47 Å². The molecule has 0 N–H and O–H groups in total. The fourth-order valence-corrected chi connectivity index (χ4v) is 3.12. The van der Waals surface area contributed by atoms with Gasteiger partial charge in [0.05, 0.1) is 6.61 Å². The van der Waals surface area contributed by atoms with Gasteiger partial charge in [-0.15, -0.1) is 0 Å². The van der Waals surface area contributed by atoms with Gasteiger partial charge >= 0.3 is 5.97 Å². The molecule has 1 aliphatic carbocycles. The van der Waals surface area contributed by atoms with Crippen LogP contribution in [-0.2, 0) is 14.3 Å². The summed E-state index contributed by atoms with van der Waals surface area (Å²) in [6.45, 7) is 11.0. The zero-order valence-corrected chi connectivity index (χ0v) is 13.2. The van der Waals surface area contributed by atoms with Crippen LogP contribution in [0.15, 0.2) is 23.8 Å². The summed E-state index contributed by atoms with van der Waals surface area (Å²) in [6, 6.07) is 0. The van der Waals surface area contributed by atoms with Crippen LogP contribution in [0.25, 0.3) is 0 Å². The van der Waals surface area contributed by atoms with E-state index in [2.05, 4.69) is 32.9 Å². The summed E-state index contributed by atoms with van der Waals surface area (Å²) in [7, 11) is 0. The minimum Gasteiger partial charge on any atom is -0.464 e. The Bertz CT molecular complexity index is 447. The quantitative estimate of drug-likeness (QED) is 0.447. The number of carbonyl (C=O) groups excluding carboxylic acids is 1. The third kappa shape index (κ3) is 2.98. The molecule has 0 aromatic heterocycles. The minimum atomic E-state index is -0.486. The summed E-state index contributed by atoms with van der Waals surface area (Å²) in [4.78, 5) is 11.7. The van der Waals surface area contributed by atoms with Crippen molar-refractivity contribution in [3.8, 4) is 0 Å². The van der Waals surface area contributed by atoms with Gasteiger partial charge in [-0.05, 0) is 39.0 Å². The van der Waals surface area contributed by atoms with Gasteiger partial charge in [-0.25, -0.2) is 4.79 Å². The first kappa shape index (κ1) is 15.3. The van der Waals surface area contributed by atoms with Gasteiger partial charge in [-0.3, -0.25) is 0 Å². The van der Waals surface area contributed by atoms with Crippen LogP contribution >= 0.6 is 0 Å². The summed E-state index contributed by atoms with van der Waals surface area (Å²) in [5.74, 6) is 0.162. The second-order valence-electron chi connectivity index (χ2n) is 6.75. The van der Waals surface area contributed by atoms with E-state index in [1.807, 2.05) is 19.9 Å². The topological polar surface area (TPSA) is 38.8 Å². The predicted octanol–water partition coefficient (Wildman–Crippen LogP) is 3.65. The Morgan fingerprint density at radius 3 is 2.80 bits per heavy atom. The summed E-state index contributed by atoms with van der Waals surface area (Å²) in [6.07, 6.45) is 8.49. The molecule has 0 radical (unpaired) electrons. The van der Waals surface area contributed by atoms with Crippen molar-refractivity contribution in [2.45, 2.75) is 59.2 Å². The van der Waals surface area contributed by atoms with E-state index < -0.39 is 11.7 Å². The fourth-order valence-electron chi connectivity index (χ4n) is 3.12. The van der Waals surface area contributed by atoms with Crippen LogP contribution in [0.4, 0.5) is 0 Å². The molecule has 0 amide bonds. The Morgan fingerprint density at radius 2 is 2.20 bits per heavy atom. The lowest BCUT2D eigenvalue weighted by Crippen LogP contribution is -2.27. The van der Waals surface area contributed by atoms with Crippen molar-refractivity contribution in [1.29, 1.82) is 0 Å². The van der Waals surface area contributed by atoms with Crippen LogP contribution < -0.4 is 0 Å².